The average Bonchev–Trinajstić information content (AvgIpc) is 2.56. The van der Waals surface area contributed by atoms with E-state index in [4.69, 9.17) is 9.15 Å². The molecule has 3 rings (SSSR count). The van der Waals surface area contributed by atoms with E-state index in [1.54, 1.807) is 18.2 Å². The zero-order chi connectivity index (χ0) is 18.4. The van der Waals surface area contributed by atoms with Gasteiger partial charge in [-0.15, -0.1) is 6.58 Å². The number of aliphatic carboxylic acids is 1. The van der Waals surface area contributed by atoms with Crippen molar-refractivity contribution in [2.24, 2.45) is 5.41 Å². The summed E-state index contributed by atoms with van der Waals surface area (Å²) in [6.07, 6.45) is 3.10. The lowest BCUT2D eigenvalue weighted by Gasteiger charge is -2.38. The van der Waals surface area contributed by atoms with Crippen molar-refractivity contribution in [2.75, 3.05) is 0 Å². The van der Waals surface area contributed by atoms with Crippen LogP contribution in [-0.2, 0) is 11.2 Å². The van der Waals surface area contributed by atoms with Crippen LogP contribution < -0.4 is 10.4 Å². The van der Waals surface area contributed by atoms with E-state index >= 15 is 0 Å². The molecule has 0 bridgehead atoms. The summed E-state index contributed by atoms with van der Waals surface area (Å²) in [5.41, 5.74) is 0.987. The minimum absolute atomic E-state index is 0.186. The van der Waals surface area contributed by atoms with Gasteiger partial charge >= 0.3 is 11.6 Å². The van der Waals surface area contributed by atoms with E-state index in [2.05, 4.69) is 6.58 Å². The number of carboxylic acids is 1. The summed E-state index contributed by atoms with van der Waals surface area (Å²) in [4.78, 5) is 23.7. The summed E-state index contributed by atoms with van der Waals surface area (Å²) >= 11 is 0. The van der Waals surface area contributed by atoms with Crippen LogP contribution in [0.3, 0.4) is 0 Å². The molecule has 5 nitrogen and oxygen atoms in total. The molecule has 130 valence electrons. The Morgan fingerprint density at radius 1 is 1.44 bits per heavy atom. The first-order chi connectivity index (χ1) is 11.8. The predicted octanol–water partition coefficient (Wildman–Crippen LogP) is 3.63. The second-order valence-electron chi connectivity index (χ2n) is 6.73. The molecule has 1 aliphatic heterocycles. The maximum atomic E-state index is 12.4. The number of benzene rings is 1. The van der Waals surface area contributed by atoms with Crippen LogP contribution >= 0.6 is 0 Å². The monoisotopic (exact) mass is 340 g/mol. The van der Waals surface area contributed by atoms with Gasteiger partial charge in [-0.2, -0.15) is 0 Å². The van der Waals surface area contributed by atoms with Gasteiger partial charge < -0.3 is 14.3 Å². The summed E-state index contributed by atoms with van der Waals surface area (Å²) in [7, 11) is 0. The summed E-state index contributed by atoms with van der Waals surface area (Å²) < 4.78 is 11.6. The molecule has 2 heterocycles. The molecule has 1 aromatic carbocycles. The first kappa shape index (κ1) is 17.0. The minimum atomic E-state index is -1.01. The van der Waals surface area contributed by atoms with Crippen molar-refractivity contribution in [3.05, 3.63) is 64.1 Å². The van der Waals surface area contributed by atoms with Crippen molar-refractivity contribution in [1.82, 2.24) is 0 Å². The maximum Gasteiger partial charge on any atom is 0.343 e. The maximum absolute atomic E-state index is 12.4. The van der Waals surface area contributed by atoms with E-state index in [0.717, 1.165) is 10.9 Å². The van der Waals surface area contributed by atoms with Crippen LogP contribution in [0, 0.1) is 12.3 Å². The quantitative estimate of drug-likeness (QED) is 0.524. The smallest absolute Gasteiger partial charge is 0.343 e. The lowest BCUT2D eigenvalue weighted by Crippen LogP contribution is -2.41. The Morgan fingerprint density at radius 2 is 2.16 bits per heavy atom. The average molecular weight is 340 g/mol. The van der Waals surface area contributed by atoms with Gasteiger partial charge in [0, 0.05) is 11.0 Å². The van der Waals surface area contributed by atoms with Gasteiger partial charge in [0.05, 0.1) is 10.9 Å². The second kappa shape index (κ2) is 5.92. The first-order valence-electron chi connectivity index (χ1n) is 8.04. The van der Waals surface area contributed by atoms with E-state index in [-0.39, 0.29) is 5.57 Å². The van der Waals surface area contributed by atoms with Crippen LogP contribution in [0.25, 0.3) is 11.0 Å². The lowest BCUT2D eigenvalue weighted by molar-refractivity contribution is -0.132. The molecule has 25 heavy (non-hydrogen) atoms. The summed E-state index contributed by atoms with van der Waals surface area (Å²) in [6.45, 7) is 9.18. The normalized spacial score (nSPS) is 23.0. The van der Waals surface area contributed by atoms with Crippen LogP contribution in [0.2, 0.25) is 0 Å². The molecule has 0 fully saturated rings. The summed E-state index contributed by atoms with van der Waals surface area (Å²) in [5.74, 6) is -0.530. The molecule has 5 heteroatoms. The number of carboxylic acid groups (broad SMARTS) is 1. The van der Waals surface area contributed by atoms with Crippen LogP contribution in [-0.4, -0.2) is 17.2 Å². The Bertz CT molecular complexity index is 966. The van der Waals surface area contributed by atoms with E-state index in [1.165, 1.54) is 6.92 Å². The highest BCUT2D eigenvalue weighted by Crippen LogP contribution is 2.43. The molecule has 0 amide bonds. The highest BCUT2D eigenvalue weighted by Gasteiger charge is 2.40. The second-order valence-corrected chi connectivity index (χ2v) is 6.73. The molecular weight excluding hydrogens is 320 g/mol. The standard InChI is InChI=1S/C20H20O5/c1-5-20(4)10-13-17(25-15(20)9-12(3)18(21)22)16-11(2)7-6-8-14(16)24-19(13)23/h5-9,15H,1,10H2,2-4H3,(H,21,22)/b12-9+/t15-,20-/m1/s1. The summed E-state index contributed by atoms with van der Waals surface area (Å²) in [5, 5.41) is 9.94. The van der Waals surface area contributed by atoms with E-state index in [0.29, 0.717) is 23.3 Å². The third kappa shape index (κ3) is 2.76. The van der Waals surface area contributed by atoms with E-state index in [1.807, 2.05) is 26.0 Å². The van der Waals surface area contributed by atoms with E-state index in [9.17, 15) is 14.7 Å². The molecule has 2 atom stereocenters. The molecule has 0 saturated carbocycles. The molecule has 1 aliphatic rings. The largest absolute Gasteiger partial charge is 0.484 e. The fourth-order valence-corrected chi connectivity index (χ4v) is 3.16. The first-order valence-corrected chi connectivity index (χ1v) is 8.04. The number of carbonyl (C=O) groups is 1. The number of aryl methyl sites for hydroxylation is 1. The molecular formula is C20H20O5. The Hall–Kier alpha value is -2.82. The molecule has 2 aromatic rings. The van der Waals surface area contributed by atoms with E-state index < -0.39 is 23.1 Å². The molecule has 0 aliphatic carbocycles. The Kier molecular flexibility index (Phi) is 4.03. The van der Waals surface area contributed by atoms with Gasteiger partial charge in [-0.3, -0.25) is 0 Å². The van der Waals surface area contributed by atoms with Crippen molar-refractivity contribution in [1.29, 1.82) is 0 Å². The number of hydrogen-bond donors (Lipinski definition) is 1. The third-order valence-corrected chi connectivity index (χ3v) is 4.84. The minimum Gasteiger partial charge on any atom is -0.484 e. The van der Waals surface area contributed by atoms with Gasteiger partial charge in [-0.05, 0) is 38.0 Å². The van der Waals surface area contributed by atoms with Crippen LogP contribution in [0.5, 0.6) is 5.75 Å². The SMILES string of the molecule is C=C[C@]1(C)Cc2c(c3c(C)cccc3oc2=O)O[C@@H]1/C=C(\C)C(=O)O. The third-order valence-electron chi connectivity index (χ3n) is 4.84. The number of fused-ring (bicyclic) bond motifs is 3. The van der Waals surface area contributed by atoms with Crippen molar-refractivity contribution in [2.45, 2.75) is 33.3 Å². The van der Waals surface area contributed by atoms with Gasteiger partial charge in [0.2, 0.25) is 0 Å². The van der Waals surface area contributed by atoms with Crippen molar-refractivity contribution < 1.29 is 19.1 Å². The van der Waals surface area contributed by atoms with Crippen LogP contribution in [0.4, 0.5) is 0 Å². The lowest BCUT2D eigenvalue weighted by atomic mass is 9.76. The number of rotatable bonds is 3. The van der Waals surface area contributed by atoms with Crippen molar-refractivity contribution >= 4 is 16.9 Å². The van der Waals surface area contributed by atoms with Crippen molar-refractivity contribution in [3.8, 4) is 5.75 Å². The van der Waals surface area contributed by atoms with Crippen molar-refractivity contribution in [3.63, 3.8) is 0 Å². The Morgan fingerprint density at radius 3 is 2.80 bits per heavy atom. The zero-order valence-corrected chi connectivity index (χ0v) is 14.5. The van der Waals surface area contributed by atoms with Gasteiger partial charge in [0.1, 0.15) is 17.4 Å². The number of ether oxygens (including phenoxy) is 1. The molecule has 0 radical (unpaired) electrons. The molecule has 0 unspecified atom stereocenters. The topological polar surface area (TPSA) is 76.7 Å². The highest BCUT2D eigenvalue weighted by atomic mass is 16.5. The zero-order valence-electron chi connectivity index (χ0n) is 14.5. The molecule has 1 aromatic heterocycles. The Labute approximate surface area is 145 Å². The fraction of sp³-hybridized carbons (Fsp3) is 0.300. The molecule has 0 spiro atoms. The van der Waals surface area contributed by atoms with Gasteiger partial charge in [0.25, 0.3) is 0 Å². The van der Waals surface area contributed by atoms with Gasteiger partial charge in [0.15, 0.2) is 0 Å². The predicted molar refractivity (Wildman–Crippen MR) is 95.0 cm³/mol. The molecule has 0 saturated heterocycles. The number of hydrogen-bond acceptors (Lipinski definition) is 4. The van der Waals surface area contributed by atoms with Gasteiger partial charge in [-0.25, -0.2) is 9.59 Å². The summed E-state index contributed by atoms with van der Waals surface area (Å²) in [6, 6.07) is 5.46. The van der Waals surface area contributed by atoms with Crippen LogP contribution in [0.15, 0.2) is 51.7 Å². The fourth-order valence-electron chi connectivity index (χ4n) is 3.16. The van der Waals surface area contributed by atoms with Crippen LogP contribution in [0.1, 0.15) is 25.0 Å². The highest BCUT2D eigenvalue weighted by molar-refractivity contribution is 5.88. The van der Waals surface area contributed by atoms with Gasteiger partial charge in [-0.1, -0.05) is 25.1 Å². The Balaban J connectivity index is 2.27. The molecule has 1 N–H and O–H groups in total.